The van der Waals surface area contributed by atoms with Crippen LogP contribution in [0, 0.1) is 0 Å². The number of carbonyl (C=O) groups is 2. The van der Waals surface area contributed by atoms with Crippen molar-refractivity contribution in [2.75, 3.05) is 13.7 Å². The number of rotatable bonds is 12. The summed E-state index contributed by atoms with van der Waals surface area (Å²) < 4.78 is 10.7. The molecule has 0 fully saturated rings. The highest BCUT2D eigenvalue weighted by molar-refractivity contribution is 5.91. The van der Waals surface area contributed by atoms with Crippen molar-refractivity contribution in [3.05, 3.63) is 59.2 Å². The Balaban J connectivity index is 1.88. The number of unbranched alkanes of at least 4 members (excludes halogenated alkanes) is 1. The van der Waals surface area contributed by atoms with E-state index in [9.17, 15) is 14.7 Å². The van der Waals surface area contributed by atoms with Gasteiger partial charge < -0.3 is 19.9 Å². The predicted molar refractivity (Wildman–Crippen MR) is 116 cm³/mol. The Morgan fingerprint density at radius 1 is 1.10 bits per heavy atom. The van der Waals surface area contributed by atoms with Gasteiger partial charge in [0.1, 0.15) is 17.1 Å². The molecule has 0 saturated carbocycles. The fourth-order valence-electron chi connectivity index (χ4n) is 3.08. The maximum atomic E-state index is 12.3. The minimum Gasteiger partial charge on any atom is -0.497 e. The van der Waals surface area contributed by atoms with Gasteiger partial charge in [-0.2, -0.15) is 0 Å². The molecule has 0 radical (unpaired) electrons. The summed E-state index contributed by atoms with van der Waals surface area (Å²) >= 11 is 0. The Morgan fingerprint density at radius 2 is 1.83 bits per heavy atom. The Bertz CT molecular complexity index is 832. The summed E-state index contributed by atoms with van der Waals surface area (Å²) in [5.41, 5.74) is 2.00. The molecule has 0 spiro atoms. The van der Waals surface area contributed by atoms with Gasteiger partial charge in [0.05, 0.1) is 19.8 Å². The highest BCUT2D eigenvalue weighted by Gasteiger charge is 2.16. The van der Waals surface area contributed by atoms with E-state index in [1.807, 2.05) is 38.1 Å². The molecule has 0 aliphatic carbocycles. The van der Waals surface area contributed by atoms with Crippen molar-refractivity contribution >= 4 is 11.9 Å². The number of methoxy groups -OCH3 is 1. The molecule has 0 aliphatic rings. The summed E-state index contributed by atoms with van der Waals surface area (Å²) in [4.78, 5) is 23.9. The van der Waals surface area contributed by atoms with Crippen molar-refractivity contribution in [3.63, 3.8) is 0 Å². The van der Waals surface area contributed by atoms with Crippen LogP contribution in [0.3, 0.4) is 0 Å². The average molecular weight is 414 g/mol. The van der Waals surface area contributed by atoms with Crippen LogP contribution in [0.5, 0.6) is 11.5 Å². The van der Waals surface area contributed by atoms with E-state index in [1.165, 1.54) is 0 Å². The second-order valence-corrected chi connectivity index (χ2v) is 7.25. The fraction of sp³-hybridized carbons (Fsp3) is 0.417. The second-order valence-electron chi connectivity index (χ2n) is 7.25. The van der Waals surface area contributed by atoms with Crippen molar-refractivity contribution in [2.24, 2.45) is 0 Å². The lowest BCUT2D eigenvalue weighted by Crippen LogP contribution is -2.26. The van der Waals surface area contributed by atoms with Crippen LogP contribution in [0.15, 0.2) is 42.5 Å². The zero-order chi connectivity index (χ0) is 21.9. The zero-order valence-corrected chi connectivity index (χ0v) is 17.9. The van der Waals surface area contributed by atoms with Crippen LogP contribution in [-0.2, 0) is 11.2 Å². The average Bonchev–Trinajstić information content (AvgIpc) is 2.74. The van der Waals surface area contributed by atoms with Crippen molar-refractivity contribution in [1.82, 2.24) is 5.32 Å². The Labute approximate surface area is 178 Å². The number of benzene rings is 2. The Hall–Kier alpha value is -3.02. The molecule has 1 unspecified atom stereocenters. The van der Waals surface area contributed by atoms with Gasteiger partial charge in [0.25, 0.3) is 0 Å². The van der Waals surface area contributed by atoms with Crippen molar-refractivity contribution in [1.29, 1.82) is 0 Å². The molecule has 1 atom stereocenters. The predicted octanol–water partition coefficient (Wildman–Crippen LogP) is 4.77. The van der Waals surface area contributed by atoms with Gasteiger partial charge in [0.15, 0.2) is 0 Å². The third kappa shape index (κ3) is 7.10. The van der Waals surface area contributed by atoms with Gasteiger partial charge in [-0.05, 0) is 61.6 Å². The number of carbonyl (C=O) groups excluding carboxylic acids is 1. The van der Waals surface area contributed by atoms with E-state index in [1.54, 1.807) is 25.3 Å². The first kappa shape index (κ1) is 23.3. The first-order valence-corrected chi connectivity index (χ1v) is 10.4. The summed E-state index contributed by atoms with van der Waals surface area (Å²) in [6.07, 6.45) is 3.78. The van der Waals surface area contributed by atoms with Gasteiger partial charge in [0, 0.05) is 6.42 Å². The van der Waals surface area contributed by atoms with Crippen LogP contribution < -0.4 is 14.8 Å². The molecular weight excluding hydrogens is 382 g/mol. The standard InChI is InChI=1S/C24H31NO5/c1-4-5-15-30-22-14-11-19(16-21(22)24(27)28)17(2)25-23(26)8-6-7-18-9-12-20(29-3)13-10-18/h9-14,16-17H,4-8,15H2,1-3H3,(H,25,26)(H,27,28). The molecule has 30 heavy (non-hydrogen) atoms. The first-order chi connectivity index (χ1) is 14.4. The fourth-order valence-corrected chi connectivity index (χ4v) is 3.08. The molecule has 2 N–H and O–H groups in total. The van der Waals surface area contributed by atoms with Crippen LogP contribution in [0.1, 0.15) is 67.1 Å². The Morgan fingerprint density at radius 3 is 2.47 bits per heavy atom. The van der Waals surface area contributed by atoms with Crippen LogP contribution in [0.25, 0.3) is 0 Å². The monoisotopic (exact) mass is 413 g/mol. The molecule has 0 saturated heterocycles. The van der Waals surface area contributed by atoms with Crippen molar-refractivity contribution in [2.45, 2.75) is 52.0 Å². The third-order valence-corrected chi connectivity index (χ3v) is 4.90. The van der Waals surface area contributed by atoms with Crippen LogP contribution in [0.4, 0.5) is 0 Å². The van der Waals surface area contributed by atoms with Gasteiger partial charge in [-0.3, -0.25) is 4.79 Å². The lowest BCUT2D eigenvalue weighted by atomic mass is 10.0. The SMILES string of the molecule is CCCCOc1ccc(C(C)NC(=O)CCCc2ccc(OC)cc2)cc1C(=O)O. The smallest absolute Gasteiger partial charge is 0.339 e. The third-order valence-electron chi connectivity index (χ3n) is 4.90. The lowest BCUT2D eigenvalue weighted by Gasteiger charge is -2.17. The molecule has 0 aliphatic heterocycles. The van der Waals surface area contributed by atoms with Crippen molar-refractivity contribution < 1.29 is 24.2 Å². The minimum absolute atomic E-state index is 0.0591. The van der Waals surface area contributed by atoms with E-state index >= 15 is 0 Å². The number of amides is 1. The quantitative estimate of drug-likeness (QED) is 0.490. The molecule has 162 valence electrons. The summed E-state index contributed by atoms with van der Waals surface area (Å²) in [7, 11) is 1.63. The number of aromatic carboxylic acids is 1. The number of hydrogen-bond donors (Lipinski definition) is 2. The van der Waals surface area contributed by atoms with Crippen LogP contribution >= 0.6 is 0 Å². The zero-order valence-electron chi connectivity index (χ0n) is 17.9. The Kier molecular flexibility index (Phi) is 9.19. The molecule has 2 aromatic carbocycles. The maximum absolute atomic E-state index is 12.3. The molecule has 6 heteroatoms. The first-order valence-electron chi connectivity index (χ1n) is 10.4. The molecular formula is C24H31NO5. The number of hydrogen-bond acceptors (Lipinski definition) is 4. The molecule has 1 amide bonds. The largest absolute Gasteiger partial charge is 0.497 e. The van der Waals surface area contributed by atoms with Gasteiger partial charge in [-0.1, -0.05) is 31.5 Å². The highest BCUT2D eigenvalue weighted by atomic mass is 16.5. The molecule has 2 aromatic rings. The number of nitrogens with one attached hydrogen (secondary N) is 1. The molecule has 0 heterocycles. The normalized spacial score (nSPS) is 11.6. The number of carboxylic acid groups (broad SMARTS) is 1. The lowest BCUT2D eigenvalue weighted by molar-refractivity contribution is -0.121. The van der Waals surface area contributed by atoms with E-state index in [0.29, 0.717) is 18.8 Å². The minimum atomic E-state index is -1.04. The summed E-state index contributed by atoms with van der Waals surface area (Å²) in [5, 5.41) is 12.4. The van der Waals surface area contributed by atoms with Gasteiger partial charge in [-0.25, -0.2) is 4.79 Å². The summed E-state index contributed by atoms with van der Waals surface area (Å²) in [5.74, 6) is 0.0723. The van der Waals surface area contributed by atoms with E-state index in [4.69, 9.17) is 9.47 Å². The summed E-state index contributed by atoms with van der Waals surface area (Å²) in [6.45, 7) is 4.38. The van der Waals surface area contributed by atoms with E-state index in [-0.39, 0.29) is 17.5 Å². The second kappa shape index (κ2) is 11.9. The topological polar surface area (TPSA) is 84.9 Å². The van der Waals surface area contributed by atoms with E-state index in [0.717, 1.165) is 42.6 Å². The number of carboxylic acids is 1. The van der Waals surface area contributed by atoms with E-state index in [2.05, 4.69) is 5.32 Å². The molecule has 6 nitrogen and oxygen atoms in total. The van der Waals surface area contributed by atoms with E-state index < -0.39 is 5.97 Å². The summed E-state index contributed by atoms with van der Waals surface area (Å²) in [6, 6.07) is 12.6. The highest BCUT2D eigenvalue weighted by Crippen LogP contribution is 2.24. The van der Waals surface area contributed by atoms with Crippen LogP contribution in [0.2, 0.25) is 0 Å². The van der Waals surface area contributed by atoms with Gasteiger partial charge >= 0.3 is 5.97 Å². The van der Waals surface area contributed by atoms with Crippen LogP contribution in [-0.4, -0.2) is 30.7 Å². The molecule has 0 aromatic heterocycles. The van der Waals surface area contributed by atoms with Crippen molar-refractivity contribution in [3.8, 4) is 11.5 Å². The van der Waals surface area contributed by atoms with Gasteiger partial charge in [-0.15, -0.1) is 0 Å². The molecule has 2 rings (SSSR count). The molecule has 0 bridgehead atoms. The number of ether oxygens (including phenoxy) is 2. The van der Waals surface area contributed by atoms with Gasteiger partial charge in [0.2, 0.25) is 5.91 Å². The number of aryl methyl sites for hydroxylation is 1. The maximum Gasteiger partial charge on any atom is 0.339 e.